The molecule has 1 rings (SSSR count). The molecule has 1 unspecified atom stereocenters. The van der Waals surface area contributed by atoms with E-state index in [1.807, 2.05) is 18.2 Å². The fourth-order valence-electron chi connectivity index (χ4n) is 1.66. The summed E-state index contributed by atoms with van der Waals surface area (Å²) in [6, 6.07) is 7.53. The first-order chi connectivity index (χ1) is 9.04. The first-order valence-corrected chi connectivity index (χ1v) is 5.98. The summed E-state index contributed by atoms with van der Waals surface area (Å²) in [5.41, 5.74) is 6.68. The number of hydrogen-bond acceptors (Lipinski definition) is 4. The van der Waals surface area contributed by atoms with Gasteiger partial charge in [-0.25, -0.2) is 4.79 Å². The summed E-state index contributed by atoms with van der Waals surface area (Å²) >= 11 is 0. The fourth-order valence-corrected chi connectivity index (χ4v) is 1.66. The Kier molecular flexibility index (Phi) is 5.98. The average Bonchev–Trinajstić information content (AvgIpc) is 2.39. The van der Waals surface area contributed by atoms with Gasteiger partial charge in [-0.15, -0.1) is 0 Å². The van der Waals surface area contributed by atoms with Gasteiger partial charge < -0.3 is 21.3 Å². The summed E-state index contributed by atoms with van der Waals surface area (Å²) in [6.07, 6.45) is -0.0269. The van der Waals surface area contributed by atoms with E-state index in [1.54, 1.807) is 12.1 Å². The second-order valence-electron chi connectivity index (χ2n) is 4.19. The topological polar surface area (TPSA) is 113 Å². The predicted molar refractivity (Wildman–Crippen MR) is 69.3 cm³/mol. The normalized spacial score (nSPS) is 13.6. The van der Waals surface area contributed by atoms with Crippen LogP contribution in [0.4, 0.5) is 0 Å². The largest absolute Gasteiger partial charge is 0.480 e. The van der Waals surface area contributed by atoms with Crippen LogP contribution < -0.4 is 11.1 Å². The van der Waals surface area contributed by atoms with Crippen molar-refractivity contribution in [3.63, 3.8) is 0 Å². The van der Waals surface area contributed by atoms with Gasteiger partial charge in [0.15, 0.2) is 0 Å². The molecule has 0 fully saturated rings. The lowest BCUT2D eigenvalue weighted by Gasteiger charge is -2.16. The molecule has 0 saturated carbocycles. The Bertz CT molecular complexity index is 422. The minimum absolute atomic E-state index is 0.000772. The van der Waals surface area contributed by atoms with E-state index in [9.17, 15) is 9.59 Å². The van der Waals surface area contributed by atoms with Gasteiger partial charge in [-0.2, -0.15) is 0 Å². The molecule has 19 heavy (non-hydrogen) atoms. The van der Waals surface area contributed by atoms with E-state index in [4.69, 9.17) is 15.9 Å². The zero-order valence-electron chi connectivity index (χ0n) is 10.5. The van der Waals surface area contributed by atoms with Gasteiger partial charge >= 0.3 is 5.97 Å². The monoisotopic (exact) mass is 266 g/mol. The van der Waals surface area contributed by atoms with E-state index in [0.717, 1.165) is 5.56 Å². The smallest absolute Gasteiger partial charge is 0.326 e. The van der Waals surface area contributed by atoms with Crippen LogP contribution in [-0.4, -0.2) is 34.7 Å². The van der Waals surface area contributed by atoms with Crippen LogP contribution in [0, 0.1) is 0 Å². The molecule has 0 radical (unpaired) electrons. The van der Waals surface area contributed by atoms with Gasteiger partial charge in [-0.05, 0) is 5.56 Å². The number of carboxylic acid groups (broad SMARTS) is 1. The van der Waals surface area contributed by atoms with Crippen LogP contribution >= 0.6 is 0 Å². The molecule has 0 aliphatic heterocycles. The van der Waals surface area contributed by atoms with Crippen molar-refractivity contribution < 1.29 is 19.8 Å². The van der Waals surface area contributed by atoms with Crippen LogP contribution in [0.5, 0.6) is 0 Å². The summed E-state index contributed by atoms with van der Waals surface area (Å²) in [7, 11) is 0. The molecule has 104 valence electrons. The van der Waals surface area contributed by atoms with Gasteiger partial charge in [0.1, 0.15) is 6.04 Å². The number of aliphatic carboxylic acids is 1. The molecule has 0 spiro atoms. The van der Waals surface area contributed by atoms with Crippen molar-refractivity contribution in [2.45, 2.75) is 24.9 Å². The molecule has 6 heteroatoms. The highest BCUT2D eigenvalue weighted by Crippen LogP contribution is 2.13. The van der Waals surface area contributed by atoms with Gasteiger partial charge in [0.2, 0.25) is 5.91 Å². The van der Waals surface area contributed by atoms with Crippen LogP contribution in [0.1, 0.15) is 24.4 Å². The molecule has 1 aromatic carbocycles. The molecule has 2 atom stereocenters. The summed E-state index contributed by atoms with van der Waals surface area (Å²) in [5, 5.41) is 19.9. The van der Waals surface area contributed by atoms with Crippen molar-refractivity contribution in [1.82, 2.24) is 5.32 Å². The predicted octanol–water partition coefficient (Wildman–Crippen LogP) is 0.0283. The van der Waals surface area contributed by atoms with E-state index in [0.29, 0.717) is 0 Å². The number of nitrogens with two attached hydrogens (primary N) is 1. The maximum absolute atomic E-state index is 11.7. The number of carbonyl (C=O) groups excluding carboxylic acids is 1. The number of carbonyl (C=O) groups is 2. The van der Waals surface area contributed by atoms with E-state index in [2.05, 4.69) is 5.32 Å². The van der Waals surface area contributed by atoms with Crippen LogP contribution in [0.2, 0.25) is 0 Å². The van der Waals surface area contributed by atoms with Crippen molar-refractivity contribution in [3.05, 3.63) is 35.9 Å². The molecule has 6 nitrogen and oxygen atoms in total. The first kappa shape index (κ1) is 15.1. The number of nitrogens with one attached hydrogen (secondary N) is 1. The molecule has 0 bridgehead atoms. The molecule has 0 saturated heterocycles. The van der Waals surface area contributed by atoms with E-state index >= 15 is 0 Å². The molecule has 0 aliphatic rings. The maximum atomic E-state index is 11.7. The standard InChI is InChI=1S/C13H18N2O4/c14-10(9-4-2-1-3-5-9)8-12(17)15-11(6-7-16)13(18)19/h1-5,10-11,16H,6-8,14H2,(H,15,17)(H,18,19)/t10?,11-/m0/s1. The van der Waals surface area contributed by atoms with Crippen molar-refractivity contribution in [2.75, 3.05) is 6.61 Å². The molecule has 1 amide bonds. The lowest BCUT2D eigenvalue weighted by molar-refractivity contribution is -0.142. The number of rotatable bonds is 7. The number of carboxylic acids is 1. The van der Waals surface area contributed by atoms with E-state index in [-0.39, 0.29) is 19.4 Å². The molecular formula is C13H18N2O4. The minimum Gasteiger partial charge on any atom is -0.480 e. The Morgan fingerprint density at radius 2 is 1.89 bits per heavy atom. The van der Waals surface area contributed by atoms with Crippen molar-refractivity contribution in [1.29, 1.82) is 0 Å². The van der Waals surface area contributed by atoms with E-state index in [1.165, 1.54) is 0 Å². The number of amides is 1. The highest BCUT2D eigenvalue weighted by atomic mass is 16.4. The first-order valence-electron chi connectivity index (χ1n) is 5.98. The average molecular weight is 266 g/mol. The summed E-state index contributed by atoms with van der Waals surface area (Å²) in [6.45, 7) is -0.304. The highest BCUT2D eigenvalue weighted by Gasteiger charge is 2.20. The molecular weight excluding hydrogens is 248 g/mol. The lowest BCUT2D eigenvalue weighted by atomic mass is 10.0. The summed E-state index contributed by atoms with van der Waals surface area (Å²) < 4.78 is 0. The number of aliphatic hydroxyl groups excluding tert-OH is 1. The Hall–Kier alpha value is -1.92. The lowest BCUT2D eigenvalue weighted by Crippen LogP contribution is -2.42. The molecule has 0 aliphatic carbocycles. The Morgan fingerprint density at radius 1 is 1.26 bits per heavy atom. The van der Waals surface area contributed by atoms with Gasteiger partial charge in [0.25, 0.3) is 0 Å². The fraction of sp³-hybridized carbons (Fsp3) is 0.385. The van der Waals surface area contributed by atoms with E-state index < -0.39 is 24.0 Å². The third kappa shape index (κ3) is 5.07. The third-order valence-corrected chi connectivity index (χ3v) is 2.68. The summed E-state index contributed by atoms with van der Waals surface area (Å²) in [4.78, 5) is 22.5. The Morgan fingerprint density at radius 3 is 2.42 bits per heavy atom. The molecule has 0 heterocycles. The van der Waals surface area contributed by atoms with Gasteiger partial charge in [-0.3, -0.25) is 4.79 Å². The molecule has 1 aromatic rings. The zero-order valence-corrected chi connectivity index (χ0v) is 10.5. The second-order valence-corrected chi connectivity index (χ2v) is 4.19. The van der Waals surface area contributed by atoms with Crippen LogP contribution in [0.15, 0.2) is 30.3 Å². The number of aliphatic hydroxyl groups is 1. The van der Waals surface area contributed by atoms with Crippen molar-refractivity contribution in [2.24, 2.45) is 5.73 Å². The Labute approximate surface area is 111 Å². The molecule has 5 N–H and O–H groups in total. The van der Waals surface area contributed by atoms with Gasteiger partial charge in [0, 0.05) is 25.5 Å². The number of benzene rings is 1. The molecule has 0 aromatic heterocycles. The zero-order chi connectivity index (χ0) is 14.3. The highest BCUT2D eigenvalue weighted by molar-refractivity contribution is 5.83. The van der Waals surface area contributed by atoms with Crippen molar-refractivity contribution >= 4 is 11.9 Å². The van der Waals surface area contributed by atoms with Crippen LogP contribution in [0.25, 0.3) is 0 Å². The van der Waals surface area contributed by atoms with Crippen molar-refractivity contribution in [3.8, 4) is 0 Å². The maximum Gasteiger partial charge on any atom is 0.326 e. The van der Waals surface area contributed by atoms with Gasteiger partial charge in [0.05, 0.1) is 0 Å². The van der Waals surface area contributed by atoms with Crippen LogP contribution in [0.3, 0.4) is 0 Å². The third-order valence-electron chi connectivity index (χ3n) is 2.68. The summed E-state index contributed by atoms with van der Waals surface area (Å²) in [5.74, 6) is -1.62. The Balaban J connectivity index is 2.52. The van der Waals surface area contributed by atoms with Crippen LogP contribution in [-0.2, 0) is 9.59 Å². The second kappa shape index (κ2) is 7.50. The quantitative estimate of drug-likeness (QED) is 0.556. The SMILES string of the molecule is NC(CC(=O)N[C@@H](CCO)C(=O)O)c1ccccc1. The van der Waals surface area contributed by atoms with Gasteiger partial charge in [-0.1, -0.05) is 30.3 Å². The number of hydrogen-bond donors (Lipinski definition) is 4. The minimum atomic E-state index is -1.17.